The molecule has 1 N–H and O–H groups in total. The van der Waals surface area contributed by atoms with Crippen LogP contribution in [0.3, 0.4) is 0 Å². The number of benzene rings is 2. The molecule has 1 amide bonds. The molecular formula is C18H17F2NO4S. The van der Waals surface area contributed by atoms with Crippen LogP contribution in [0.15, 0.2) is 47.4 Å². The van der Waals surface area contributed by atoms with Crippen LogP contribution in [0.4, 0.5) is 14.5 Å². The van der Waals surface area contributed by atoms with Crippen molar-refractivity contribution in [2.45, 2.75) is 24.8 Å². The Morgan fingerprint density at radius 1 is 1.12 bits per heavy atom. The number of esters is 1. The van der Waals surface area contributed by atoms with Crippen molar-refractivity contribution in [2.24, 2.45) is 0 Å². The van der Waals surface area contributed by atoms with Crippen molar-refractivity contribution >= 4 is 28.4 Å². The molecule has 0 aliphatic carbocycles. The highest BCUT2D eigenvalue weighted by molar-refractivity contribution is 7.85. The van der Waals surface area contributed by atoms with Crippen LogP contribution in [0, 0.1) is 11.6 Å². The summed E-state index contributed by atoms with van der Waals surface area (Å²) >= 11 is 0. The fraction of sp³-hybridized carbons (Fsp3) is 0.222. The second kappa shape index (κ2) is 8.66. The maximum Gasteiger partial charge on any atom is 0.340 e. The van der Waals surface area contributed by atoms with Crippen molar-refractivity contribution in [2.75, 3.05) is 11.1 Å². The maximum atomic E-state index is 13.6. The van der Waals surface area contributed by atoms with Gasteiger partial charge < -0.3 is 10.1 Å². The van der Waals surface area contributed by atoms with Gasteiger partial charge in [-0.15, -0.1) is 0 Å². The number of rotatable bonds is 6. The second-order valence-corrected chi connectivity index (χ2v) is 6.97. The van der Waals surface area contributed by atoms with E-state index in [0.717, 1.165) is 18.2 Å². The fourth-order valence-electron chi connectivity index (χ4n) is 2.11. The molecule has 138 valence electrons. The lowest BCUT2D eigenvalue weighted by atomic mass is 10.2. The van der Waals surface area contributed by atoms with Gasteiger partial charge in [0.25, 0.3) is 5.91 Å². The zero-order chi connectivity index (χ0) is 19.3. The van der Waals surface area contributed by atoms with Crippen molar-refractivity contribution in [3.05, 3.63) is 59.7 Å². The fourth-order valence-corrected chi connectivity index (χ4v) is 3.05. The molecule has 0 saturated heterocycles. The van der Waals surface area contributed by atoms with Crippen LogP contribution in [0.5, 0.6) is 0 Å². The van der Waals surface area contributed by atoms with Crippen LogP contribution in [0.2, 0.25) is 0 Å². The molecule has 2 rings (SSSR count). The number of halogens is 2. The monoisotopic (exact) mass is 381 g/mol. The SMILES string of the molecule is CCS(=O)c1ccccc1C(=O)OC(C)C(=O)Nc1c(F)cccc1F. The van der Waals surface area contributed by atoms with Crippen molar-refractivity contribution in [1.29, 1.82) is 0 Å². The number of hydrogen-bond acceptors (Lipinski definition) is 4. The summed E-state index contributed by atoms with van der Waals surface area (Å²) in [6.07, 6.45) is -1.32. The molecular weight excluding hydrogens is 364 g/mol. The molecule has 0 aromatic heterocycles. The van der Waals surface area contributed by atoms with Gasteiger partial charge in [-0.25, -0.2) is 13.6 Å². The second-order valence-electron chi connectivity index (χ2n) is 5.26. The minimum Gasteiger partial charge on any atom is -0.449 e. The van der Waals surface area contributed by atoms with Gasteiger partial charge in [-0.1, -0.05) is 25.1 Å². The summed E-state index contributed by atoms with van der Waals surface area (Å²) < 4.78 is 44.2. The Morgan fingerprint density at radius 3 is 2.35 bits per heavy atom. The Hall–Kier alpha value is -2.61. The lowest BCUT2D eigenvalue weighted by Gasteiger charge is -2.15. The number of carbonyl (C=O) groups excluding carboxylic acids is 2. The van der Waals surface area contributed by atoms with Gasteiger partial charge in [-0.2, -0.15) is 0 Å². The third-order valence-corrected chi connectivity index (χ3v) is 4.85. The van der Waals surface area contributed by atoms with Crippen molar-refractivity contribution < 1.29 is 27.3 Å². The van der Waals surface area contributed by atoms with E-state index in [1.165, 1.54) is 19.1 Å². The van der Waals surface area contributed by atoms with Gasteiger partial charge >= 0.3 is 5.97 Å². The summed E-state index contributed by atoms with van der Waals surface area (Å²) in [6.45, 7) is 2.97. The van der Waals surface area contributed by atoms with Gasteiger partial charge in [0.1, 0.15) is 17.3 Å². The van der Waals surface area contributed by atoms with E-state index >= 15 is 0 Å². The van der Waals surface area contributed by atoms with Gasteiger partial charge in [0, 0.05) is 5.75 Å². The van der Waals surface area contributed by atoms with Crippen molar-refractivity contribution in [1.82, 2.24) is 0 Å². The number of hydrogen-bond donors (Lipinski definition) is 1. The molecule has 0 radical (unpaired) electrons. The van der Waals surface area contributed by atoms with E-state index < -0.39 is 46.1 Å². The van der Waals surface area contributed by atoms with Crippen LogP contribution in [0.1, 0.15) is 24.2 Å². The topological polar surface area (TPSA) is 72.5 Å². The number of anilines is 1. The Labute approximate surface area is 151 Å². The first-order valence-corrected chi connectivity index (χ1v) is 9.10. The summed E-state index contributed by atoms with van der Waals surface area (Å²) in [6, 6.07) is 9.33. The summed E-state index contributed by atoms with van der Waals surface area (Å²) in [7, 11) is -1.39. The zero-order valence-corrected chi connectivity index (χ0v) is 14.9. The summed E-state index contributed by atoms with van der Waals surface area (Å²) in [4.78, 5) is 24.7. The predicted molar refractivity (Wildman–Crippen MR) is 93.3 cm³/mol. The van der Waals surface area contributed by atoms with Gasteiger partial charge in [0.15, 0.2) is 6.10 Å². The number of amides is 1. The lowest BCUT2D eigenvalue weighted by Crippen LogP contribution is -2.31. The van der Waals surface area contributed by atoms with E-state index in [0.29, 0.717) is 10.6 Å². The van der Waals surface area contributed by atoms with E-state index in [1.54, 1.807) is 19.1 Å². The normalized spacial score (nSPS) is 12.9. The van der Waals surface area contributed by atoms with E-state index in [4.69, 9.17) is 4.74 Å². The predicted octanol–water partition coefficient (Wildman–Crippen LogP) is 3.28. The Morgan fingerprint density at radius 2 is 1.73 bits per heavy atom. The molecule has 2 aromatic rings. The molecule has 0 aliphatic rings. The molecule has 0 aliphatic heterocycles. The highest BCUT2D eigenvalue weighted by Gasteiger charge is 2.23. The molecule has 0 saturated carbocycles. The number of carbonyl (C=O) groups is 2. The van der Waals surface area contributed by atoms with E-state index in [2.05, 4.69) is 5.32 Å². The highest BCUT2D eigenvalue weighted by atomic mass is 32.2. The molecule has 2 atom stereocenters. The molecule has 0 bridgehead atoms. The van der Waals surface area contributed by atoms with Crippen LogP contribution in [-0.2, 0) is 20.3 Å². The quantitative estimate of drug-likeness (QED) is 0.780. The largest absolute Gasteiger partial charge is 0.449 e. The molecule has 0 fully saturated rings. The highest BCUT2D eigenvalue weighted by Crippen LogP contribution is 2.19. The number of nitrogens with one attached hydrogen (secondary N) is 1. The minimum atomic E-state index is -1.39. The third-order valence-electron chi connectivity index (χ3n) is 3.48. The van der Waals surface area contributed by atoms with Gasteiger partial charge in [-0.3, -0.25) is 9.00 Å². The van der Waals surface area contributed by atoms with Gasteiger partial charge in [-0.05, 0) is 31.2 Å². The first-order chi connectivity index (χ1) is 12.3. The van der Waals surface area contributed by atoms with Crippen LogP contribution < -0.4 is 5.32 Å². The zero-order valence-electron chi connectivity index (χ0n) is 14.1. The number of para-hydroxylation sites is 1. The standard InChI is InChI=1S/C18H17F2NO4S/c1-3-26(24)15-10-5-4-7-12(15)18(23)25-11(2)17(22)21-16-13(19)8-6-9-14(16)20/h4-11H,3H2,1-2H3,(H,21,22). The van der Waals surface area contributed by atoms with E-state index in [9.17, 15) is 22.6 Å². The molecule has 5 nitrogen and oxygen atoms in total. The van der Waals surface area contributed by atoms with Crippen molar-refractivity contribution in [3.63, 3.8) is 0 Å². The average Bonchev–Trinajstić information content (AvgIpc) is 2.63. The minimum absolute atomic E-state index is 0.0735. The Balaban J connectivity index is 2.12. The molecule has 2 aromatic carbocycles. The van der Waals surface area contributed by atoms with Gasteiger partial charge in [0.2, 0.25) is 0 Å². The lowest BCUT2D eigenvalue weighted by molar-refractivity contribution is -0.123. The van der Waals surface area contributed by atoms with E-state index in [1.807, 2.05) is 0 Å². The maximum absolute atomic E-state index is 13.6. The average molecular weight is 381 g/mol. The van der Waals surface area contributed by atoms with E-state index in [-0.39, 0.29) is 5.56 Å². The van der Waals surface area contributed by atoms with Gasteiger partial charge in [0.05, 0.1) is 21.3 Å². The molecule has 0 spiro atoms. The summed E-state index contributed by atoms with van der Waals surface area (Å²) in [5.41, 5.74) is -0.544. The van der Waals surface area contributed by atoms with Crippen molar-refractivity contribution in [3.8, 4) is 0 Å². The molecule has 8 heteroatoms. The summed E-state index contributed by atoms with van der Waals surface area (Å²) in [5.74, 6) is -3.32. The van der Waals surface area contributed by atoms with Crippen LogP contribution in [-0.4, -0.2) is 27.9 Å². The smallest absolute Gasteiger partial charge is 0.340 e. The Kier molecular flexibility index (Phi) is 6.57. The molecule has 26 heavy (non-hydrogen) atoms. The van der Waals surface area contributed by atoms with Crippen LogP contribution >= 0.6 is 0 Å². The number of ether oxygens (including phenoxy) is 1. The molecule has 2 unspecified atom stereocenters. The Bertz CT molecular complexity index is 837. The van der Waals surface area contributed by atoms with Crippen LogP contribution in [0.25, 0.3) is 0 Å². The first kappa shape index (κ1) is 19.7. The summed E-state index contributed by atoms with van der Waals surface area (Å²) in [5, 5.41) is 2.06. The first-order valence-electron chi connectivity index (χ1n) is 7.78. The molecule has 0 heterocycles. The third kappa shape index (κ3) is 4.51.